The van der Waals surface area contributed by atoms with Gasteiger partial charge in [-0.1, -0.05) is 39.0 Å². The van der Waals surface area contributed by atoms with Gasteiger partial charge in [-0.25, -0.2) is 0 Å². The highest BCUT2D eigenvalue weighted by molar-refractivity contribution is 4.85. The van der Waals surface area contributed by atoms with Gasteiger partial charge in [0, 0.05) is 0 Å². The maximum atomic E-state index is 5.85. The van der Waals surface area contributed by atoms with Crippen molar-refractivity contribution in [1.29, 1.82) is 0 Å². The van der Waals surface area contributed by atoms with E-state index in [9.17, 15) is 0 Å². The Labute approximate surface area is 76.7 Å². The van der Waals surface area contributed by atoms with Crippen LogP contribution in [0, 0.1) is 5.41 Å². The van der Waals surface area contributed by atoms with Crippen LogP contribution in [-0.2, 0) is 0 Å². The third kappa shape index (κ3) is 2.48. The topological polar surface area (TPSA) is 26.0 Å². The Bertz CT molecular complexity index is 114. The minimum absolute atomic E-state index is 0.565. The van der Waals surface area contributed by atoms with Crippen molar-refractivity contribution in [3.05, 3.63) is 0 Å². The van der Waals surface area contributed by atoms with Gasteiger partial charge in [0.25, 0.3) is 0 Å². The monoisotopic (exact) mass is 169 g/mol. The van der Waals surface area contributed by atoms with Crippen LogP contribution < -0.4 is 5.73 Å². The van der Waals surface area contributed by atoms with Gasteiger partial charge in [0.1, 0.15) is 0 Å². The Morgan fingerprint density at radius 3 is 2.33 bits per heavy atom. The lowest BCUT2D eigenvalue weighted by Crippen LogP contribution is -2.27. The standard InChI is InChI=1S/C11H23N/c1-2-3-4-7-11(10-12)8-5-6-9-11/h2-10,12H2,1H3. The molecule has 0 aliphatic heterocycles. The molecule has 0 unspecified atom stereocenters. The maximum absolute atomic E-state index is 5.85. The molecule has 0 atom stereocenters. The molecule has 1 fully saturated rings. The number of hydrogen-bond acceptors (Lipinski definition) is 1. The Balaban J connectivity index is 2.24. The molecule has 1 rings (SSSR count). The Kier molecular flexibility index (Phi) is 4.07. The molecule has 0 aromatic heterocycles. The largest absolute Gasteiger partial charge is 0.330 e. The SMILES string of the molecule is CCCCCC1(CN)CCCC1. The number of rotatable bonds is 5. The fourth-order valence-electron chi connectivity index (χ4n) is 2.43. The van der Waals surface area contributed by atoms with Crippen LogP contribution in [0.5, 0.6) is 0 Å². The molecule has 0 aromatic carbocycles. The summed E-state index contributed by atoms with van der Waals surface area (Å²) in [5, 5.41) is 0. The van der Waals surface area contributed by atoms with E-state index in [1.165, 1.54) is 51.4 Å². The third-order valence-electron chi connectivity index (χ3n) is 3.41. The fraction of sp³-hybridized carbons (Fsp3) is 1.00. The number of unbranched alkanes of at least 4 members (excludes halogenated alkanes) is 2. The van der Waals surface area contributed by atoms with Crippen LogP contribution in [0.2, 0.25) is 0 Å². The van der Waals surface area contributed by atoms with Gasteiger partial charge in [0.15, 0.2) is 0 Å². The van der Waals surface area contributed by atoms with Crippen LogP contribution in [0.25, 0.3) is 0 Å². The highest BCUT2D eigenvalue weighted by atomic mass is 14.6. The van der Waals surface area contributed by atoms with E-state index in [4.69, 9.17) is 5.73 Å². The highest BCUT2D eigenvalue weighted by Gasteiger charge is 2.31. The molecule has 1 aliphatic carbocycles. The van der Waals surface area contributed by atoms with E-state index in [2.05, 4.69) is 6.92 Å². The first-order chi connectivity index (χ1) is 5.83. The van der Waals surface area contributed by atoms with E-state index >= 15 is 0 Å². The van der Waals surface area contributed by atoms with Crippen molar-refractivity contribution in [2.24, 2.45) is 11.1 Å². The zero-order chi connectivity index (χ0) is 8.86. The van der Waals surface area contributed by atoms with Crippen molar-refractivity contribution in [1.82, 2.24) is 0 Å². The van der Waals surface area contributed by atoms with E-state index in [1.807, 2.05) is 0 Å². The summed E-state index contributed by atoms with van der Waals surface area (Å²) in [6, 6.07) is 0. The van der Waals surface area contributed by atoms with Gasteiger partial charge in [0.2, 0.25) is 0 Å². The van der Waals surface area contributed by atoms with Gasteiger partial charge in [-0.15, -0.1) is 0 Å². The summed E-state index contributed by atoms with van der Waals surface area (Å²) < 4.78 is 0. The summed E-state index contributed by atoms with van der Waals surface area (Å²) in [5.74, 6) is 0. The number of hydrogen-bond donors (Lipinski definition) is 1. The van der Waals surface area contributed by atoms with Crippen LogP contribution in [0.15, 0.2) is 0 Å². The molecule has 0 aromatic rings. The summed E-state index contributed by atoms with van der Waals surface area (Å²) in [4.78, 5) is 0. The molecule has 0 bridgehead atoms. The second-order valence-electron chi connectivity index (χ2n) is 4.37. The lowest BCUT2D eigenvalue weighted by atomic mass is 9.81. The summed E-state index contributed by atoms with van der Waals surface area (Å²) in [6.07, 6.45) is 11.1. The van der Waals surface area contributed by atoms with Crippen molar-refractivity contribution in [3.63, 3.8) is 0 Å². The summed E-state index contributed by atoms with van der Waals surface area (Å²) in [6.45, 7) is 3.19. The first-order valence-electron chi connectivity index (χ1n) is 5.53. The molecular weight excluding hydrogens is 146 g/mol. The first kappa shape index (κ1) is 10.0. The van der Waals surface area contributed by atoms with Crippen LogP contribution in [0.4, 0.5) is 0 Å². The molecule has 0 amide bonds. The second kappa shape index (κ2) is 4.86. The molecule has 1 nitrogen and oxygen atoms in total. The van der Waals surface area contributed by atoms with Crippen LogP contribution in [0.3, 0.4) is 0 Å². The van der Waals surface area contributed by atoms with Gasteiger partial charge >= 0.3 is 0 Å². The van der Waals surface area contributed by atoms with Crippen LogP contribution in [0.1, 0.15) is 58.3 Å². The molecule has 72 valence electrons. The summed E-state index contributed by atoms with van der Waals surface area (Å²) in [7, 11) is 0. The minimum Gasteiger partial charge on any atom is -0.330 e. The molecule has 0 spiro atoms. The number of nitrogens with two attached hydrogens (primary N) is 1. The Morgan fingerprint density at radius 1 is 1.17 bits per heavy atom. The third-order valence-corrected chi connectivity index (χ3v) is 3.41. The van der Waals surface area contributed by atoms with E-state index in [0.29, 0.717) is 5.41 Å². The van der Waals surface area contributed by atoms with Gasteiger partial charge in [-0.3, -0.25) is 0 Å². The molecule has 12 heavy (non-hydrogen) atoms. The summed E-state index contributed by atoms with van der Waals surface area (Å²) >= 11 is 0. The average Bonchev–Trinajstić information content (AvgIpc) is 2.55. The van der Waals surface area contributed by atoms with Crippen molar-refractivity contribution in [2.45, 2.75) is 58.3 Å². The summed E-state index contributed by atoms with van der Waals surface area (Å²) in [5.41, 5.74) is 6.42. The van der Waals surface area contributed by atoms with Crippen molar-refractivity contribution in [3.8, 4) is 0 Å². The predicted molar refractivity (Wildman–Crippen MR) is 54.1 cm³/mol. The first-order valence-corrected chi connectivity index (χ1v) is 5.53. The Morgan fingerprint density at radius 2 is 1.83 bits per heavy atom. The molecule has 1 aliphatic rings. The normalized spacial score (nSPS) is 21.5. The lowest BCUT2D eigenvalue weighted by molar-refractivity contribution is 0.272. The van der Waals surface area contributed by atoms with Gasteiger partial charge in [-0.05, 0) is 31.2 Å². The fourth-order valence-corrected chi connectivity index (χ4v) is 2.43. The van der Waals surface area contributed by atoms with Crippen LogP contribution >= 0.6 is 0 Å². The van der Waals surface area contributed by atoms with E-state index in [0.717, 1.165) is 6.54 Å². The van der Waals surface area contributed by atoms with Crippen molar-refractivity contribution >= 4 is 0 Å². The molecule has 0 saturated heterocycles. The Hall–Kier alpha value is -0.0400. The van der Waals surface area contributed by atoms with Crippen molar-refractivity contribution < 1.29 is 0 Å². The van der Waals surface area contributed by atoms with Gasteiger partial charge in [0.05, 0.1) is 0 Å². The molecule has 1 heteroatoms. The van der Waals surface area contributed by atoms with Gasteiger partial charge < -0.3 is 5.73 Å². The van der Waals surface area contributed by atoms with Crippen molar-refractivity contribution in [2.75, 3.05) is 6.54 Å². The molecule has 1 saturated carbocycles. The zero-order valence-electron chi connectivity index (χ0n) is 8.44. The predicted octanol–water partition coefficient (Wildman–Crippen LogP) is 3.09. The smallest absolute Gasteiger partial charge is 0.00205 e. The molecular formula is C11H23N. The second-order valence-corrected chi connectivity index (χ2v) is 4.37. The molecule has 2 N–H and O–H groups in total. The lowest BCUT2D eigenvalue weighted by Gasteiger charge is -2.26. The van der Waals surface area contributed by atoms with Gasteiger partial charge in [-0.2, -0.15) is 0 Å². The quantitative estimate of drug-likeness (QED) is 0.629. The average molecular weight is 169 g/mol. The zero-order valence-corrected chi connectivity index (χ0v) is 8.44. The van der Waals surface area contributed by atoms with E-state index in [-0.39, 0.29) is 0 Å². The van der Waals surface area contributed by atoms with E-state index < -0.39 is 0 Å². The minimum atomic E-state index is 0.565. The van der Waals surface area contributed by atoms with Crippen LogP contribution in [-0.4, -0.2) is 6.54 Å². The molecule has 0 radical (unpaired) electrons. The highest BCUT2D eigenvalue weighted by Crippen LogP contribution is 2.41. The molecule has 0 heterocycles. The maximum Gasteiger partial charge on any atom is -0.00205 e. The van der Waals surface area contributed by atoms with E-state index in [1.54, 1.807) is 0 Å².